The molecule has 0 aromatic heterocycles. The zero-order valence-electron chi connectivity index (χ0n) is 11.3. The van der Waals surface area contributed by atoms with Crippen LogP contribution in [-0.2, 0) is 14.3 Å². The first kappa shape index (κ1) is 16.4. The molecule has 17 heavy (non-hydrogen) atoms. The Kier molecular flexibility index (Phi) is 11.4. The van der Waals surface area contributed by atoms with Crippen LogP contribution in [0.25, 0.3) is 0 Å². The zero-order chi connectivity index (χ0) is 12.9. The van der Waals surface area contributed by atoms with E-state index in [-0.39, 0.29) is 11.8 Å². The van der Waals surface area contributed by atoms with Gasteiger partial charge in [-0.05, 0) is 13.0 Å². The first-order valence-corrected chi connectivity index (χ1v) is 6.27. The van der Waals surface area contributed by atoms with E-state index in [0.29, 0.717) is 26.4 Å². The van der Waals surface area contributed by atoms with Crippen LogP contribution in [0.4, 0.5) is 0 Å². The highest BCUT2D eigenvalue weighted by Crippen LogP contribution is 1.92. The number of carbonyl (C=O) groups excluding carboxylic acids is 1. The van der Waals surface area contributed by atoms with E-state index in [4.69, 9.17) is 9.47 Å². The summed E-state index contributed by atoms with van der Waals surface area (Å²) in [6, 6.07) is 0. The average Bonchev–Trinajstić information content (AvgIpc) is 2.34. The second-order valence-corrected chi connectivity index (χ2v) is 3.96. The average molecular weight is 246 g/mol. The van der Waals surface area contributed by atoms with Gasteiger partial charge in [-0.15, -0.1) is 0 Å². The summed E-state index contributed by atoms with van der Waals surface area (Å²) in [7, 11) is 1.65. The van der Waals surface area contributed by atoms with Crippen molar-refractivity contribution in [2.24, 2.45) is 5.92 Å². The molecule has 0 saturated heterocycles. The number of rotatable bonds is 11. The van der Waals surface area contributed by atoms with Gasteiger partial charge in [0, 0.05) is 32.7 Å². The summed E-state index contributed by atoms with van der Waals surface area (Å²) in [5, 5.41) is 6.05. The molecule has 0 rings (SSSR count). The first-order chi connectivity index (χ1) is 8.22. The van der Waals surface area contributed by atoms with Gasteiger partial charge >= 0.3 is 0 Å². The van der Waals surface area contributed by atoms with Gasteiger partial charge in [-0.25, -0.2) is 0 Å². The molecule has 0 aliphatic rings. The minimum Gasteiger partial charge on any atom is -0.382 e. The van der Waals surface area contributed by atoms with E-state index in [9.17, 15) is 4.79 Å². The lowest BCUT2D eigenvalue weighted by Gasteiger charge is -2.12. The maximum atomic E-state index is 11.6. The smallest absolute Gasteiger partial charge is 0.224 e. The molecule has 0 fully saturated rings. The van der Waals surface area contributed by atoms with Crippen molar-refractivity contribution in [1.29, 1.82) is 0 Å². The normalized spacial score (nSPS) is 12.4. The van der Waals surface area contributed by atoms with Crippen LogP contribution in [0.5, 0.6) is 0 Å². The van der Waals surface area contributed by atoms with Crippen molar-refractivity contribution in [2.75, 3.05) is 46.6 Å². The largest absolute Gasteiger partial charge is 0.382 e. The number of carbonyl (C=O) groups is 1. The standard InChI is InChI=1S/C12H26N2O3/c1-4-13-10-11(2)12(15)14-6-5-7-17-9-8-16-3/h11,13H,4-10H2,1-3H3,(H,14,15). The van der Waals surface area contributed by atoms with E-state index in [1.54, 1.807) is 7.11 Å². The minimum absolute atomic E-state index is 0.0179. The number of nitrogens with one attached hydrogen (secondary N) is 2. The molecule has 0 saturated carbocycles. The van der Waals surface area contributed by atoms with Crippen molar-refractivity contribution < 1.29 is 14.3 Å². The van der Waals surface area contributed by atoms with Gasteiger partial charge in [0.2, 0.25) is 5.91 Å². The van der Waals surface area contributed by atoms with Gasteiger partial charge in [0.05, 0.1) is 13.2 Å². The molecule has 1 unspecified atom stereocenters. The Bertz CT molecular complexity index is 189. The molecule has 0 aromatic carbocycles. The SMILES string of the molecule is CCNCC(C)C(=O)NCCCOCCOC. The highest BCUT2D eigenvalue weighted by molar-refractivity contribution is 5.78. The monoisotopic (exact) mass is 246 g/mol. The Morgan fingerprint density at radius 1 is 1.29 bits per heavy atom. The Morgan fingerprint density at radius 2 is 2.06 bits per heavy atom. The Morgan fingerprint density at radius 3 is 2.71 bits per heavy atom. The maximum absolute atomic E-state index is 11.6. The van der Waals surface area contributed by atoms with Crippen LogP contribution in [-0.4, -0.2) is 52.5 Å². The molecule has 5 nitrogen and oxygen atoms in total. The fraction of sp³-hybridized carbons (Fsp3) is 0.917. The highest BCUT2D eigenvalue weighted by Gasteiger charge is 2.10. The Hall–Kier alpha value is -0.650. The van der Waals surface area contributed by atoms with Crippen LogP contribution in [0, 0.1) is 5.92 Å². The predicted octanol–water partition coefficient (Wildman–Crippen LogP) is 0.401. The fourth-order valence-corrected chi connectivity index (χ4v) is 1.26. The quantitative estimate of drug-likeness (QED) is 0.518. The third-order valence-corrected chi connectivity index (χ3v) is 2.34. The summed E-state index contributed by atoms with van der Waals surface area (Å²) in [6.07, 6.45) is 0.837. The van der Waals surface area contributed by atoms with Crippen LogP contribution in [0.1, 0.15) is 20.3 Å². The van der Waals surface area contributed by atoms with Crippen LogP contribution >= 0.6 is 0 Å². The number of amides is 1. The van der Waals surface area contributed by atoms with E-state index < -0.39 is 0 Å². The van der Waals surface area contributed by atoms with E-state index in [1.165, 1.54) is 0 Å². The molecule has 5 heteroatoms. The number of methoxy groups -OCH3 is 1. The van der Waals surface area contributed by atoms with Crippen molar-refractivity contribution in [3.8, 4) is 0 Å². The topological polar surface area (TPSA) is 59.6 Å². The fourth-order valence-electron chi connectivity index (χ4n) is 1.26. The summed E-state index contributed by atoms with van der Waals surface area (Å²) in [5.74, 6) is 0.118. The molecule has 0 radical (unpaired) electrons. The molecule has 0 spiro atoms. The number of hydrogen-bond acceptors (Lipinski definition) is 4. The van der Waals surface area contributed by atoms with Gasteiger partial charge in [0.25, 0.3) is 0 Å². The third kappa shape index (κ3) is 10.2. The second kappa shape index (κ2) is 11.8. The highest BCUT2D eigenvalue weighted by atomic mass is 16.5. The van der Waals surface area contributed by atoms with Crippen molar-refractivity contribution >= 4 is 5.91 Å². The first-order valence-electron chi connectivity index (χ1n) is 6.27. The van der Waals surface area contributed by atoms with Crippen molar-refractivity contribution in [1.82, 2.24) is 10.6 Å². The van der Waals surface area contributed by atoms with Crippen LogP contribution in [0.15, 0.2) is 0 Å². The lowest BCUT2D eigenvalue weighted by molar-refractivity contribution is -0.124. The summed E-state index contributed by atoms with van der Waals surface area (Å²) in [5.41, 5.74) is 0. The van der Waals surface area contributed by atoms with Gasteiger partial charge in [-0.2, -0.15) is 0 Å². The Labute approximate surface area is 104 Å². The molecular weight excluding hydrogens is 220 g/mol. The predicted molar refractivity (Wildman–Crippen MR) is 68.0 cm³/mol. The molecule has 102 valence electrons. The summed E-state index contributed by atoms with van der Waals surface area (Å²) >= 11 is 0. The molecule has 2 N–H and O–H groups in total. The zero-order valence-corrected chi connectivity index (χ0v) is 11.3. The van der Waals surface area contributed by atoms with Crippen molar-refractivity contribution in [3.63, 3.8) is 0 Å². The molecular formula is C12H26N2O3. The van der Waals surface area contributed by atoms with E-state index in [0.717, 1.165) is 19.5 Å². The molecule has 0 aliphatic carbocycles. The van der Waals surface area contributed by atoms with Crippen LogP contribution in [0.3, 0.4) is 0 Å². The lowest BCUT2D eigenvalue weighted by Crippen LogP contribution is -2.36. The van der Waals surface area contributed by atoms with Gasteiger partial charge in [0.1, 0.15) is 0 Å². The number of ether oxygens (including phenoxy) is 2. The molecule has 0 heterocycles. The van der Waals surface area contributed by atoms with Gasteiger partial charge in [-0.1, -0.05) is 13.8 Å². The summed E-state index contributed by atoms with van der Waals surface area (Å²) < 4.78 is 10.1. The van der Waals surface area contributed by atoms with E-state index in [1.807, 2.05) is 13.8 Å². The van der Waals surface area contributed by atoms with Crippen LogP contribution < -0.4 is 10.6 Å². The molecule has 0 aliphatic heterocycles. The second-order valence-electron chi connectivity index (χ2n) is 3.96. The Balaban J connectivity index is 3.32. The van der Waals surface area contributed by atoms with Crippen molar-refractivity contribution in [2.45, 2.75) is 20.3 Å². The van der Waals surface area contributed by atoms with E-state index >= 15 is 0 Å². The molecule has 1 amide bonds. The van der Waals surface area contributed by atoms with Gasteiger partial charge < -0.3 is 20.1 Å². The number of hydrogen-bond donors (Lipinski definition) is 2. The third-order valence-electron chi connectivity index (χ3n) is 2.34. The van der Waals surface area contributed by atoms with Crippen molar-refractivity contribution in [3.05, 3.63) is 0 Å². The summed E-state index contributed by atoms with van der Waals surface area (Å²) in [6.45, 7) is 8.13. The molecule has 1 atom stereocenters. The van der Waals surface area contributed by atoms with Gasteiger partial charge in [-0.3, -0.25) is 4.79 Å². The van der Waals surface area contributed by atoms with Gasteiger partial charge in [0.15, 0.2) is 0 Å². The van der Waals surface area contributed by atoms with E-state index in [2.05, 4.69) is 10.6 Å². The summed E-state index contributed by atoms with van der Waals surface area (Å²) in [4.78, 5) is 11.6. The minimum atomic E-state index is 0.0179. The molecule has 0 bridgehead atoms. The molecule has 0 aromatic rings. The lowest BCUT2D eigenvalue weighted by atomic mass is 10.1. The van der Waals surface area contributed by atoms with Crippen LogP contribution in [0.2, 0.25) is 0 Å². The maximum Gasteiger partial charge on any atom is 0.224 e.